The fraction of sp³-hybridized carbons (Fsp3) is 0.474. The van der Waals surface area contributed by atoms with Crippen LogP contribution in [0.5, 0.6) is 0 Å². The number of hydrogen-bond donors (Lipinski definition) is 0. The highest BCUT2D eigenvalue weighted by Gasteiger charge is 2.29. The van der Waals surface area contributed by atoms with Gasteiger partial charge in [0, 0.05) is 29.0 Å². The molecule has 2 aliphatic rings. The SMILES string of the molecule is O=S(=O)(c1ccc2c(c1)CCCC2)N1CCSC(c2cccs2)CC1. The smallest absolute Gasteiger partial charge is 0.207 e. The first-order chi connectivity index (χ1) is 12.1. The van der Waals surface area contributed by atoms with Gasteiger partial charge in [0.15, 0.2) is 0 Å². The number of fused-ring (bicyclic) bond motifs is 1. The van der Waals surface area contributed by atoms with Gasteiger partial charge in [0.05, 0.1) is 4.90 Å². The Labute approximate surface area is 158 Å². The molecule has 0 amide bonds. The molecule has 0 radical (unpaired) electrons. The molecule has 2 aromatic rings. The minimum Gasteiger partial charge on any atom is -0.207 e. The number of thiophene rings is 1. The lowest BCUT2D eigenvalue weighted by molar-refractivity contribution is 0.428. The molecule has 1 aromatic heterocycles. The van der Waals surface area contributed by atoms with Gasteiger partial charge in [-0.15, -0.1) is 11.3 Å². The van der Waals surface area contributed by atoms with E-state index in [9.17, 15) is 8.42 Å². The van der Waals surface area contributed by atoms with E-state index in [0.29, 0.717) is 23.2 Å². The van der Waals surface area contributed by atoms with Gasteiger partial charge >= 0.3 is 0 Å². The third-order valence-electron chi connectivity index (χ3n) is 5.12. The molecule has 2 heterocycles. The van der Waals surface area contributed by atoms with E-state index in [1.54, 1.807) is 15.6 Å². The number of nitrogens with zero attached hydrogens (tertiary/aromatic N) is 1. The van der Waals surface area contributed by atoms with Gasteiger partial charge in [-0.2, -0.15) is 16.1 Å². The second kappa shape index (κ2) is 7.43. The lowest BCUT2D eigenvalue weighted by Crippen LogP contribution is -2.33. The van der Waals surface area contributed by atoms with Crippen molar-refractivity contribution in [2.24, 2.45) is 0 Å². The van der Waals surface area contributed by atoms with Crippen molar-refractivity contribution in [2.45, 2.75) is 42.2 Å². The summed E-state index contributed by atoms with van der Waals surface area (Å²) in [5, 5.41) is 2.52. The van der Waals surface area contributed by atoms with Gasteiger partial charge in [0.1, 0.15) is 0 Å². The molecule has 0 N–H and O–H groups in total. The number of rotatable bonds is 3. The Kier molecular flexibility index (Phi) is 5.23. The topological polar surface area (TPSA) is 37.4 Å². The van der Waals surface area contributed by atoms with Crippen molar-refractivity contribution in [1.82, 2.24) is 4.31 Å². The molecule has 1 unspecified atom stereocenters. The Morgan fingerprint density at radius 2 is 1.88 bits per heavy atom. The quantitative estimate of drug-likeness (QED) is 0.771. The van der Waals surface area contributed by atoms with Crippen molar-refractivity contribution < 1.29 is 8.42 Å². The molecule has 0 saturated carbocycles. The molecule has 1 aliphatic carbocycles. The van der Waals surface area contributed by atoms with Crippen LogP contribution in [0, 0.1) is 0 Å². The third-order valence-corrected chi connectivity index (χ3v) is 9.46. The van der Waals surface area contributed by atoms with Crippen molar-refractivity contribution in [3.63, 3.8) is 0 Å². The number of thioether (sulfide) groups is 1. The molecule has 3 nitrogen and oxygen atoms in total. The number of sulfonamides is 1. The summed E-state index contributed by atoms with van der Waals surface area (Å²) in [6.45, 7) is 1.21. The Bertz CT molecular complexity index is 830. The standard InChI is InChI=1S/C19H23NO2S3/c21-25(22,17-8-7-15-4-1-2-5-16(15)14-17)20-10-9-19(24-13-11-20)18-6-3-12-23-18/h3,6-8,12,14,19H,1-2,4-5,9-11,13H2. The molecule has 1 fully saturated rings. The van der Waals surface area contributed by atoms with Gasteiger partial charge in [-0.1, -0.05) is 12.1 Å². The van der Waals surface area contributed by atoms with E-state index in [2.05, 4.69) is 17.5 Å². The van der Waals surface area contributed by atoms with Gasteiger partial charge in [-0.3, -0.25) is 0 Å². The maximum Gasteiger partial charge on any atom is 0.243 e. The van der Waals surface area contributed by atoms with E-state index >= 15 is 0 Å². The number of benzene rings is 1. The zero-order valence-electron chi connectivity index (χ0n) is 14.2. The summed E-state index contributed by atoms with van der Waals surface area (Å²) >= 11 is 3.65. The normalized spacial score (nSPS) is 22.3. The van der Waals surface area contributed by atoms with Crippen molar-refractivity contribution >= 4 is 33.1 Å². The van der Waals surface area contributed by atoms with E-state index < -0.39 is 10.0 Å². The zero-order valence-corrected chi connectivity index (χ0v) is 16.6. The summed E-state index contributed by atoms with van der Waals surface area (Å²) in [6, 6.07) is 10.0. The van der Waals surface area contributed by atoms with E-state index in [1.165, 1.54) is 28.8 Å². The highest BCUT2D eigenvalue weighted by atomic mass is 32.2. The first kappa shape index (κ1) is 17.6. The van der Waals surface area contributed by atoms with Crippen LogP contribution in [0.2, 0.25) is 0 Å². The van der Waals surface area contributed by atoms with E-state index in [4.69, 9.17) is 0 Å². The summed E-state index contributed by atoms with van der Waals surface area (Å²) in [5.41, 5.74) is 2.56. The Morgan fingerprint density at radius 3 is 2.68 bits per heavy atom. The molecule has 0 spiro atoms. The Hall–Kier alpha value is -0.820. The zero-order chi connectivity index (χ0) is 17.3. The molecular formula is C19H23NO2S3. The highest BCUT2D eigenvalue weighted by Crippen LogP contribution is 2.37. The minimum atomic E-state index is -3.39. The molecule has 1 atom stereocenters. The minimum absolute atomic E-state index is 0.420. The molecule has 1 saturated heterocycles. The van der Waals surface area contributed by atoms with E-state index in [-0.39, 0.29) is 0 Å². The summed E-state index contributed by atoms with van der Waals surface area (Å²) < 4.78 is 28.0. The van der Waals surface area contributed by atoms with Crippen LogP contribution in [-0.2, 0) is 22.9 Å². The van der Waals surface area contributed by atoms with Gasteiger partial charge < -0.3 is 0 Å². The summed E-state index contributed by atoms with van der Waals surface area (Å²) in [5.74, 6) is 0.854. The molecule has 4 rings (SSSR count). The van der Waals surface area contributed by atoms with Crippen LogP contribution in [0.3, 0.4) is 0 Å². The number of aryl methyl sites for hydroxylation is 2. The van der Waals surface area contributed by atoms with Crippen LogP contribution in [0.1, 0.15) is 40.5 Å². The van der Waals surface area contributed by atoms with Crippen LogP contribution >= 0.6 is 23.1 Å². The van der Waals surface area contributed by atoms with Crippen molar-refractivity contribution in [3.8, 4) is 0 Å². The number of hydrogen-bond acceptors (Lipinski definition) is 4. The molecule has 134 valence electrons. The summed E-state index contributed by atoms with van der Waals surface area (Å²) in [6.07, 6.45) is 5.36. The highest BCUT2D eigenvalue weighted by molar-refractivity contribution is 7.99. The van der Waals surface area contributed by atoms with Gasteiger partial charge in [0.2, 0.25) is 10.0 Å². The Balaban J connectivity index is 1.54. The fourth-order valence-electron chi connectivity index (χ4n) is 3.71. The average Bonchev–Trinajstić information content (AvgIpc) is 3.05. The second-order valence-electron chi connectivity index (χ2n) is 6.71. The van der Waals surface area contributed by atoms with Crippen LogP contribution in [0.15, 0.2) is 40.6 Å². The monoisotopic (exact) mass is 393 g/mol. The lowest BCUT2D eigenvalue weighted by Gasteiger charge is -2.22. The molecular weight excluding hydrogens is 370 g/mol. The lowest BCUT2D eigenvalue weighted by atomic mass is 9.92. The molecule has 1 aliphatic heterocycles. The summed E-state index contributed by atoms with van der Waals surface area (Å²) in [7, 11) is -3.39. The molecule has 6 heteroatoms. The van der Waals surface area contributed by atoms with Crippen molar-refractivity contribution in [1.29, 1.82) is 0 Å². The largest absolute Gasteiger partial charge is 0.243 e. The fourth-order valence-corrected chi connectivity index (χ4v) is 7.57. The third kappa shape index (κ3) is 3.68. The first-order valence-corrected chi connectivity index (χ1v) is 12.3. The van der Waals surface area contributed by atoms with Crippen LogP contribution in [0.25, 0.3) is 0 Å². The first-order valence-electron chi connectivity index (χ1n) is 8.91. The summed E-state index contributed by atoms with van der Waals surface area (Å²) in [4.78, 5) is 1.84. The average molecular weight is 394 g/mol. The molecule has 0 bridgehead atoms. The van der Waals surface area contributed by atoms with Crippen LogP contribution < -0.4 is 0 Å². The molecule has 1 aromatic carbocycles. The maximum absolute atomic E-state index is 13.1. The molecule has 25 heavy (non-hydrogen) atoms. The van der Waals surface area contributed by atoms with Crippen LogP contribution in [-0.4, -0.2) is 31.6 Å². The predicted molar refractivity (Wildman–Crippen MR) is 106 cm³/mol. The van der Waals surface area contributed by atoms with Gasteiger partial charge in [0.25, 0.3) is 0 Å². The van der Waals surface area contributed by atoms with Crippen molar-refractivity contribution in [2.75, 3.05) is 18.8 Å². The van der Waals surface area contributed by atoms with E-state index in [1.807, 2.05) is 30.0 Å². The van der Waals surface area contributed by atoms with Gasteiger partial charge in [-0.05, 0) is 66.8 Å². The maximum atomic E-state index is 13.1. The predicted octanol–water partition coefficient (Wildman–Crippen LogP) is 4.50. The van der Waals surface area contributed by atoms with Crippen molar-refractivity contribution in [3.05, 3.63) is 51.7 Å². The van der Waals surface area contributed by atoms with Crippen LogP contribution in [0.4, 0.5) is 0 Å². The second-order valence-corrected chi connectivity index (χ2v) is 10.9. The van der Waals surface area contributed by atoms with Gasteiger partial charge in [-0.25, -0.2) is 8.42 Å². The Morgan fingerprint density at radius 1 is 1.04 bits per heavy atom. The van der Waals surface area contributed by atoms with E-state index in [0.717, 1.165) is 25.0 Å².